The van der Waals surface area contributed by atoms with Crippen LogP contribution in [0.5, 0.6) is 5.75 Å². The summed E-state index contributed by atoms with van der Waals surface area (Å²) in [5.74, 6) is 0.981. The summed E-state index contributed by atoms with van der Waals surface area (Å²) in [4.78, 5) is 0. The standard InChI is InChI=1S/C19H33NO/c1-18(2,3)15-19(4,5)16-9-11-17(12-10-16)21-14-8-7-13-20-6/h9-12,20H,7-8,13-15H2,1-6H3. The summed E-state index contributed by atoms with van der Waals surface area (Å²) >= 11 is 0. The fourth-order valence-electron chi connectivity index (χ4n) is 3.02. The van der Waals surface area contributed by atoms with Gasteiger partial charge in [0.25, 0.3) is 0 Å². The van der Waals surface area contributed by atoms with E-state index in [1.165, 1.54) is 12.0 Å². The van der Waals surface area contributed by atoms with E-state index in [9.17, 15) is 0 Å². The van der Waals surface area contributed by atoms with Crippen LogP contribution < -0.4 is 10.1 Å². The van der Waals surface area contributed by atoms with Crippen molar-refractivity contribution in [3.05, 3.63) is 29.8 Å². The van der Waals surface area contributed by atoms with E-state index in [1.807, 2.05) is 7.05 Å². The Bertz CT molecular complexity index is 401. The van der Waals surface area contributed by atoms with Gasteiger partial charge in [-0.15, -0.1) is 0 Å². The van der Waals surface area contributed by atoms with Crippen molar-refractivity contribution in [3.8, 4) is 5.75 Å². The largest absolute Gasteiger partial charge is 0.494 e. The molecule has 1 aromatic carbocycles. The first-order chi connectivity index (χ1) is 9.74. The van der Waals surface area contributed by atoms with Crippen molar-refractivity contribution in [2.75, 3.05) is 20.2 Å². The highest BCUT2D eigenvalue weighted by molar-refractivity contribution is 5.31. The van der Waals surface area contributed by atoms with Gasteiger partial charge in [-0.2, -0.15) is 0 Å². The van der Waals surface area contributed by atoms with Gasteiger partial charge in [0.05, 0.1) is 6.61 Å². The molecule has 1 rings (SSSR count). The van der Waals surface area contributed by atoms with Crippen molar-refractivity contribution >= 4 is 0 Å². The first-order valence-corrected chi connectivity index (χ1v) is 8.12. The Morgan fingerprint density at radius 3 is 2.10 bits per heavy atom. The second-order valence-electron chi connectivity index (χ2n) is 7.80. The lowest BCUT2D eigenvalue weighted by Crippen LogP contribution is -2.24. The number of hydrogen-bond acceptors (Lipinski definition) is 2. The maximum absolute atomic E-state index is 5.79. The van der Waals surface area contributed by atoms with E-state index < -0.39 is 0 Å². The van der Waals surface area contributed by atoms with E-state index in [1.54, 1.807) is 0 Å². The van der Waals surface area contributed by atoms with Crippen molar-refractivity contribution in [3.63, 3.8) is 0 Å². The lowest BCUT2D eigenvalue weighted by atomic mass is 9.72. The van der Waals surface area contributed by atoms with E-state index in [0.717, 1.165) is 31.7 Å². The highest BCUT2D eigenvalue weighted by Crippen LogP contribution is 2.36. The van der Waals surface area contributed by atoms with Crippen LogP contribution in [0.1, 0.15) is 59.4 Å². The zero-order chi connectivity index (χ0) is 15.9. The molecule has 0 fully saturated rings. The van der Waals surface area contributed by atoms with E-state index in [4.69, 9.17) is 4.74 Å². The molecule has 0 atom stereocenters. The quantitative estimate of drug-likeness (QED) is 0.696. The molecule has 1 aromatic rings. The van der Waals surface area contributed by atoms with Crippen LogP contribution in [0.3, 0.4) is 0 Å². The second kappa shape index (κ2) is 7.84. The van der Waals surface area contributed by atoms with Crippen molar-refractivity contribution in [2.45, 2.75) is 59.3 Å². The van der Waals surface area contributed by atoms with Gasteiger partial charge < -0.3 is 10.1 Å². The van der Waals surface area contributed by atoms with Gasteiger partial charge in [0.2, 0.25) is 0 Å². The minimum absolute atomic E-state index is 0.198. The molecule has 0 heterocycles. The highest BCUT2D eigenvalue weighted by Gasteiger charge is 2.27. The fourth-order valence-corrected chi connectivity index (χ4v) is 3.02. The Kier molecular flexibility index (Phi) is 6.73. The van der Waals surface area contributed by atoms with Gasteiger partial charge in [0, 0.05) is 0 Å². The molecule has 21 heavy (non-hydrogen) atoms. The summed E-state index contributed by atoms with van der Waals surface area (Å²) < 4.78 is 5.79. The molecule has 0 amide bonds. The summed E-state index contributed by atoms with van der Waals surface area (Å²) in [7, 11) is 1.99. The minimum atomic E-state index is 0.198. The zero-order valence-electron chi connectivity index (χ0n) is 14.8. The molecule has 0 aliphatic rings. The molecule has 0 radical (unpaired) electrons. The number of rotatable bonds is 8. The summed E-state index contributed by atoms with van der Waals surface area (Å²) in [5, 5.41) is 3.15. The third kappa shape index (κ3) is 6.99. The number of ether oxygens (including phenoxy) is 1. The molecule has 0 bridgehead atoms. The molecule has 120 valence electrons. The number of hydrogen-bond donors (Lipinski definition) is 1. The van der Waals surface area contributed by atoms with Crippen molar-refractivity contribution in [2.24, 2.45) is 5.41 Å². The molecule has 0 saturated heterocycles. The second-order valence-corrected chi connectivity index (χ2v) is 7.80. The topological polar surface area (TPSA) is 21.3 Å². The third-order valence-electron chi connectivity index (χ3n) is 3.70. The average molecular weight is 291 g/mol. The van der Waals surface area contributed by atoms with E-state index in [-0.39, 0.29) is 5.41 Å². The predicted octanol–water partition coefficient (Wildman–Crippen LogP) is 4.78. The van der Waals surface area contributed by atoms with Crippen LogP contribution in [0.4, 0.5) is 0 Å². The van der Waals surface area contributed by atoms with Gasteiger partial charge in [0.1, 0.15) is 5.75 Å². The monoisotopic (exact) mass is 291 g/mol. The minimum Gasteiger partial charge on any atom is -0.494 e. The maximum atomic E-state index is 5.79. The van der Waals surface area contributed by atoms with Crippen LogP contribution in [0.2, 0.25) is 0 Å². The number of benzene rings is 1. The lowest BCUT2D eigenvalue weighted by molar-refractivity contribution is 0.283. The fraction of sp³-hybridized carbons (Fsp3) is 0.684. The predicted molar refractivity (Wildman–Crippen MR) is 92.2 cm³/mol. The van der Waals surface area contributed by atoms with Gasteiger partial charge in [-0.25, -0.2) is 0 Å². The van der Waals surface area contributed by atoms with Crippen molar-refractivity contribution < 1.29 is 4.74 Å². The van der Waals surface area contributed by atoms with Crippen molar-refractivity contribution in [1.82, 2.24) is 5.32 Å². The van der Waals surface area contributed by atoms with Crippen LogP contribution in [-0.2, 0) is 5.41 Å². The Labute approximate surface area is 131 Å². The zero-order valence-corrected chi connectivity index (χ0v) is 14.8. The molecule has 1 N–H and O–H groups in total. The average Bonchev–Trinajstić information content (AvgIpc) is 2.36. The number of unbranched alkanes of at least 4 members (excludes halogenated alkanes) is 1. The van der Waals surface area contributed by atoms with Crippen LogP contribution >= 0.6 is 0 Å². The molecule has 0 aliphatic heterocycles. The Morgan fingerprint density at radius 2 is 1.57 bits per heavy atom. The molecule has 0 aromatic heterocycles. The van der Waals surface area contributed by atoms with Crippen LogP contribution in [-0.4, -0.2) is 20.2 Å². The number of nitrogens with one attached hydrogen (secondary N) is 1. The lowest BCUT2D eigenvalue weighted by Gasteiger charge is -2.33. The first-order valence-electron chi connectivity index (χ1n) is 8.12. The van der Waals surface area contributed by atoms with Crippen LogP contribution in [0.15, 0.2) is 24.3 Å². The van der Waals surface area contributed by atoms with Gasteiger partial charge in [0.15, 0.2) is 0 Å². The summed E-state index contributed by atoms with van der Waals surface area (Å²) in [6, 6.07) is 8.65. The normalized spacial score (nSPS) is 12.5. The first kappa shape index (κ1) is 18.0. The summed E-state index contributed by atoms with van der Waals surface area (Å²) in [6.07, 6.45) is 3.43. The molecule has 0 unspecified atom stereocenters. The SMILES string of the molecule is CNCCCCOc1ccc(C(C)(C)CC(C)(C)C)cc1. The van der Waals surface area contributed by atoms with Gasteiger partial charge in [-0.05, 0) is 61.4 Å². The molecule has 0 aliphatic carbocycles. The summed E-state index contributed by atoms with van der Waals surface area (Å²) in [6.45, 7) is 13.4. The van der Waals surface area contributed by atoms with E-state index >= 15 is 0 Å². The third-order valence-corrected chi connectivity index (χ3v) is 3.70. The molecule has 2 heteroatoms. The molecule has 0 spiro atoms. The van der Waals surface area contributed by atoms with E-state index in [0.29, 0.717) is 5.41 Å². The van der Waals surface area contributed by atoms with Gasteiger partial charge in [-0.1, -0.05) is 46.8 Å². The van der Waals surface area contributed by atoms with Crippen LogP contribution in [0, 0.1) is 5.41 Å². The summed E-state index contributed by atoms with van der Waals surface area (Å²) in [5.41, 5.74) is 1.93. The van der Waals surface area contributed by atoms with Crippen molar-refractivity contribution in [1.29, 1.82) is 0 Å². The Balaban J connectivity index is 2.53. The smallest absolute Gasteiger partial charge is 0.119 e. The molecular weight excluding hydrogens is 258 g/mol. The highest BCUT2D eigenvalue weighted by atomic mass is 16.5. The van der Waals surface area contributed by atoms with Gasteiger partial charge in [-0.3, -0.25) is 0 Å². The Morgan fingerprint density at radius 1 is 0.952 bits per heavy atom. The van der Waals surface area contributed by atoms with Gasteiger partial charge >= 0.3 is 0 Å². The maximum Gasteiger partial charge on any atom is 0.119 e. The molecule has 2 nitrogen and oxygen atoms in total. The van der Waals surface area contributed by atoms with E-state index in [2.05, 4.69) is 64.2 Å². The Hall–Kier alpha value is -1.02. The molecular formula is C19H33NO. The molecule has 0 saturated carbocycles. The van der Waals surface area contributed by atoms with Crippen LogP contribution in [0.25, 0.3) is 0 Å².